The second-order valence-corrected chi connectivity index (χ2v) is 6.58. The second-order valence-electron chi connectivity index (χ2n) is 6.58. The summed E-state index contributed by atoms with van der Waals surface area (Å²) in [5.41, 5.74) is 1.46. The topological polar surface area (TPSA) is 77.2 Å². The molecule has 6 nitrogen and oxygen atoms in total. The lowest BCUT2D eigenvalue weighted by Crippen LogP contribution is -2.37. The van der Waals surface area contributed by atoms with Crippen molar-refractivity contribution in [1.82, 2.24) is 15.3 Å². The van der Waals surface area contributed by atoms with Gasteiger partial charge in [0.05, 0.1) is 0 Å². The molecule has 6 heteroatoms. The van der Waals surface area contributed by atoms with Gasteiger partial charge in [-0.3, -0.25) is 4.79 Å². The maximum Gasteiger partial charge on any atom is 0.258 e. The van der Waals surface area contributed by atoms with E-state index in [-0.39, 0.29) is 18.6 Å². The molecule has 0 saturated heterocycles. The van der Waals surface area contributed by atoms with Gasteiger partial charge in [0, 0.05) is 11.6 Å². The molecule has 1 amide bonds. The minimum absolute atomic E-state index is 0.0360. The van der Waals surface area contributed by atoms with Gasteiger partial charge in [0.1, 0.15) is 17.0 Å². The van der Waals surface area contributed by atoms with Gasteiger partial charge in [-0.05, 0) is 33.6 Å². The lowest BCUT2D eigenvalue weighted by Gasteiger charge is -2.16. The van der Waals surface area contributed by atoms with Crippen LogP contribution in [0.4, 0.5) is 0 Å². The zero-order valence-corrected chi connectivity index (χ0v) is 14.6. The highest BCUT2D eigenvalue weighted by molar-refractivity contribution is 5.84. The molecule has 2 aromatic heterocycles. The monoisotopic (exact) mass is 331 g/mol. The Morgan fingerprint density at radius 2 is 1.88 bits per heavy atom. The fourth-order valence-corrected chi connectivity index (χ4v) is 3.25. The number of nitrogens with one attached hydrogen (secondary N) is 1. The molecule has 1 fully saturated rings. The molecule has 0 radical (unpaired) electrons. The van der Waals surface area contributed by atoms with Crippen LogP contribution in [-0.2, 0) is 4.79 Å². The van der Waals surface area contributed by atoms with Crippen molar-refractivity contribution in [3.8, 4) is 5.88 Å². The van der Waals surface area contributed by atoms with Gasteiger partial charge in [-0.1, -0.05) is 25.7 Å². The summed E-state index contributed by atoms with van der Waals surface area (Å²) >= 11 is 0. The third-order valence-corrected chi connectivity index (χ3v) is 4.67. The number of fused-ring (bicyclic) bond motifs is 1. The van der Waals surface area contributed by atoms with Crippen molar-refractivity contribution < 1.29 is 13.9 Å². The second kappa shape index (κ2) is 7.20. The highest BCUT2D eigenvalue weighted by atomic mass is 16.5. The number of ether oxygens (including phenoxy) is 1. The molecule has 0 atom stereocenters. The first-order chi connectivity index (χ1) is 11.5. The average Bonchev–Trinajstić information content (AvgIpc) is 2.71. The van der Waals surface area contributed by atoms with Crippen LogP contribution in [0.25, 0.3) is 11.1 Å². The minimum atomic E-state index is -0.0933. The standard InChI is InChI=1S/C18H25N3O3/c1-11-12(2)24-18-16(11)17(19-13(3)20-18)23-10-15(22)21-14-8-6-4-5-7-9-14/h14H,4-10H2,1-3H3,(H,21,22). The van der Waals surface area contributed by atoms with Crippen LogP contribution < -0.4 is 10.1 Å². The number of hydrogen-bond acceptors (Lipinski definition) is 5. The highest BCUT2D eigenvalue weighted by Crippen LogP contribution is 2.30. The first kappa shape index (κ1) is 16.7. The van der Waals surface area contributed by atoms with Crippen molar-refractivity contribution in [2.45, 2.75) is 65.3 Å². The Kier molecular flexibility index (Phi) is 5.02. The van der Waals surface area contributed by atoms with E-state index in [1.807, 2.05) is 13.8 Å². The van der Waals surface area contributed by atoms with Gasteiger partial charge in [0.2, 0.25) is 11.6 Å². The molecule has 0 aliphatic heterocycles. The molecule has 3 rings (SSSR count). The van der Waals surface area contributed by atoms with E-state index in [4.69, 9.17) is 9.15 Å². The van der Waals surface area contributed by atoms with E-state index in [9.17, 15) is 4.79 Å². The van der Waals surface area contributed by atoms with Crippen molar-refractivity contribution >= 4 is 17.0 Å². The molecule has 24 heavy (non-hydrogen) atoms. The van der Waals surface area contributed by atoms with Crippen molar-refractivity contribution in [3.05, 3.63) is 17.1 Å². The summed E-state index contributed by atoms with van der Waals surface area (Å²) in [6.07, 6.45) is 7.02. The number of carbonyl (C=O) groups excluding carboxylic acids is 1. The van der Waals surface area contributed by atoms with Gasteiger partial charge in [0.15, 0.2) is 6.61 Å². The summed E-state index contributed by atoms with van der Waals surface area (Å²) < 4.78 is 11.3. The lowest BCUT2D eigenvalue weighted by molar-refractivity contribution is -0.123. The molecular weight excluding hydrogens is 306 g/mol. The van der Waals surface area contributed by atoms with Crippen LogP contribution in [-0.4, -0.2) is 28.5 Å². The van der Waals surface area contributed by atoms with E-state index in [1.54, 1.807) is 6.92 Å². The molecule has 0 bridgehead atoms. The third-order valence-electron chi connectivity index (χ3n) is 4.67. The predicted molar refractivity (Wildman–Crippen MR) is 91.1 cm³/mol. The molecule has 0 spiro atoms. The maximum absolute atomic E-state index is 12.2. The van der Waals surface area contributed by atoms with Crippen LogP contribution in [0.15, 0.2) is 4.42 Å². The maximum atomic E-state index is 12.2. The Bertz CT molecular complexity index is 731. The highest BCUT2D eigenvalue weighted by Gasteiger charge is 2.18. The lowest BCUT2D eigenvalue weighted by atomic mass is 10.1. The van der Waals surface area contributed by atoms with Gasteiger partial charge in [-0.15, -0.1) is 0 Å². The Labute approximate surface area is 142 Å². The summed E-state index contributed by atoms with van der Waals surface area (Å²) in [7, 11) is 0. The van der Waals surface area contributed by atoms with Crippen molar-refractivity contribution in [2.24, 2.45) is 0 Å². The molecule has 1 aliphatic rings. The van der Waals surface area contributed by atoms with Crippen molar-refractivity contribution in [2.75, 3.05) is 6.61 Å². The summed E-state index contributed by atoms with van der Waals surface area (Å²) in [4.78, 5) is 20.8. The molecule has 130 valence electrons. The number of rotatable bonds is 4. The molecule has 2 heterocycles. The zero-order valence-electron chi connectivity index (χ0n) is 14.6. The van der Waals surface area contributed by atoms with Crippen LogP contribution in [0, 0.1) is 20.8 Å². The molecule has 0 unspecified atom stereocenters. The average molecular weight is 331 g/mol. The van der Waals surface area contributed by atoms with Gasteiger partial charge >= 0.3 is 0 Å². The summed E-state index contributed by atoms with van der Waals surface area (Å²) in [6.45, 7) is 5.57. The number of aromatic nitrogens is 2. The van der Waals surface area contributed by atoms with E-state index in [0.717, 1.165) is 29.6 Å². The van der Waals surface area contributed by atoms with E-state index < -0.39 is 0 Å². The zero-order chi connectivity index (χ0) is 17.1. The predicted octanol–water partition coefficient (Wildman–Crippen LogP) is 3.37. The van der Waals surface area contributed by atoms with E-state index in [0.29, 0.717) is 17.4 Å². The fourth-order valence-electron chi connectivity index (χ4n) is 3.25. The van der Waals surface area contributed by atoms with Crippen LogP contribution in [0.1, 0.15) is 55.7 Å². The largest absolute Gasteiger partial charge is 0.467 e. The molecule has 1 N–H and O–H groups in total. The van der Waals surface area contributed by atoms with Crippen LogP contribution in [0.2, 0.25) is 0 Å². The first-order valence-electron chi connectivity index (χ1n) is 8.71. The number of aryl methyl sites for hydroxylation is 3. The summed E-state index contributed by atoms with van der Waals surface area (Å²) in [5, 5.41) is 3.83. The van der Waals surface area contributed by atoms with E-state index in [2.05, 4.69) is 15.3 Å². The van der Waals surface area contributed by atoms with Crippen LogP contribution in [0.3, 0.4) is 0 Å². The number of amides is 1. The van der Waals surface area contributed by atoms with Gasteiger partial charge < -0.3 is 14.5 Å². The first-order valence-corrected chi connectivity index (χ1v) is 8.71. The van der Waals surface area contributed by atoms with Gasteiger partial charge in [0.25, 0.3) is 5.91 Å². The normalized spacial score (nSPS) is 16.1. The Hall–Kier alpha value is -2.11. The van der Waals surface area contributed by atoms with Crippen LogP contribution in [0.5, 0.6) is 5.88 Å². The smallest absolute Gasteiger partial charge is 0.258 e. The fraction of sp³-hybridized carbons (Fsp3) is 0.611. The SMILES string of the molecule is Cc1nc(OCC(=O)NC2CCCCCC2)c2c(C)c(C)oc2n1. The number of carbonyl (C=O) groups is 1. The van der Waals surface area contributed by atoms with Crippen molar-refractivity contribution in [3.63, 3.8) is 0 Å². The number of furan rings is 1. The summed E-state index contributed by atoms with van der Waals surface area (Å²) in [5.74, 6) is 1.68. The quantitative estimate of drug-likeness (QED) is 0.869. The Morgan fingerprint density at radius 3 is 2.58 bits per heavy atom. The number of nitrogens with zero attached hydrogens (tertiary/aromatic N) is 2. The molecule has 1 saturated carbocycles. The molecular formula is C18H25N3O3. The molecule has 2 aromatic rings. The third kappa shape index (κ3) is 3.68. The number of hydrogen-bond donors (Lipinski definition) is 1. The van der Waals surface area contributed by atoms with Crippen molar-refractivity contribution in [1.29, 1.82) is 0 Å². The Morgan fingerprint density at radius 1 is 1.17 bits per heavy atom. The van der Waals surface area contributed by atoms with Gasteiger partial charge in [-0.25, -0.2) is 0 Å². The van der Waals surface area contributed by atoms with E-state index >= 15 is 0 Å². The van der Waals surface area contributed by atoms with Gasteiger partial charge in [-0.2, -0.15) is 9.97 Å². The van der Waals surface area contributed by atoms with E-state index in [1.165, 1.54) is 25.7 Å². The molecule has 1 aliphatic carbocycles. The van der Waals surface area contributed by atoms with Crippen LogP contribution >= 0.6 is 0 Å². The molecule has 0 aromatic carbocycles. The Balaban J connectivity index is 1.67. The minimum Gasteiger partial charge on any atom is -0.467 e. The summed E-state index contributed by atoms with van der Waals surface area (Å²) in [6, 6.07) is 0.272.